The van der Waals surface area contributed by atoms with Gasteiger partial charge in [0.25, 0.3) is 0 Å². The van der Waals surface area contributed by atoms with Crippen molar-refractivity contribution in [3.05, 3.63) is 36.2 Å². The number of nitrogens with one attached hydrogen (secondary N) is 1. The van der Waals surface area contributed by atoms with Gasteiger partial charge in [0.15, 0.2) is 0 Å². The lowest BCUT2D eigenvalue weighted by atomic mass is 10.1. The van der Waals surface area contributed by atoms with Crippen molar-refractivity contribution in [1.82, 2.24) is 15.3 Å². The Balaban J connectivity index is 2.11. The maximum Gasteiger partial charge on any atom is 0.0931 e. The second-order valence-corrected chi connectivity index (χ2v) is 3.87. The molecule has 0 amide bonds. The highest BCUT2D eigenvalue weighted by Gasteiger charge is 2.01. The molecule has 0 saturated heterocycles. The Morgan fingerprint density at radius 3 is 2.94 bits per heavy atom. The van der Waals surface area contributed by atoms with Gasteiger partial charge in [-0.05, 0) is 24.6 Å². The average molecular weight is 215 g/mol. The van der Waals surface area contributed by atoms with Crippen LogP contribution in [0.1, 0.15) is 25.3 Å². The summed E-state index contributed by atoms with van der Waals surface area (Å²) < 4.78 is 0. The molecule has 1 aromatic heterocycles. The summed E-state index contributed by atoms with van der Waals surface area (Å²) in [6.45, 7) is 4.13. The number of hydrogen-bond acceptors (Lipinski definition) is 3. The van der Waals surface area contributed by atoms with Crippen molar-refractivity contribution in [1.29, 1.82) is 0 Å². The Hall–Kier alpha value is -1.48. The van der Waals surface area contributed by atoms with Crippen molar-refractivity contribution in [2.75, 3.05) is 6.54 Å². The molecule has 3 nitrogen and oxygen atoms in total. The lowest BCUT2D eigenvalue weighted by Crippen LogP contribution is -2.14. The number of aromatic nitrogens is 2. The van der Waals surface area contributed by atoms with Crippen molar-refractivity contribution in [3.8, 4) is 0 Å². The molecule has 0 spiro atoms. The molecule has 3 heteroatoms. The van der Waals surface area contributed by atoms with E-state index in [1.807, 2.05) is 12.1 Å². The third-order valence-corrected chi connectivity index (χ3v) is 2.60. The summed E-state index contributed by atoms with van der Waals surface area (Å²) in [6.07, 6.45) is 5.92. The van der Waals surface area contributed by atoms with Crippen LogP contribution in [0.4, 0.5) is 0 Å². The summed E-state index contributed by atoms with van der Waals surface area (Å²) in [5, 5.41) is 3.43. The molecule has 0 saturated carbocycles. The normalized spacial score (nSPS) is 10.8. The van der Waals surface area contributed by atoms with Gasteiger partial charge >= 0.3 is 0 Å². The largest absolute Gasteiger partial charge is 0.313 e. The van der Waals surface area contributed by atoms with E-state index in [9.17, 15) is 0 Å². The number of rotatable bonds is 5. The van der Waals surface area contributed by atoms with Gasteiger partial charge in [0.1, 0.15) is 0 Å². The van der Waals surface area contributed by atoms with Crippen LogP contribution in [0.25, 0.3) is 11.0 Å². The summed E-state index contributed by atoms with van der Waals surface area (Å²) in [7, 11) is 0. The van der Waals surface area contributed by atoms with E-state index in [1.165, 1.54) is 18.4 Å². The van der Waals surface area contributed by atoms with E-state index in [-0.39, 0.29) is 0 Å². The molecule has 0 atom stereocenters. The Kier molecular flexibility index (Phi) is 3.83. The first-order chi connectivity index (χ1) is 7.92. The van der Waals surface area contributed by atoms with Crippen LogP contribution in [0.15, 0.2) is 30.6 Å². The van der Waals surface area contributed by atoms with Crippen LogP contribution in [0.2, 0.25) is 0 Å². The van der Waals surface area contributed by atoms with E-state index in [0.717, 1.165) is 24.1 Å². The number of hydrogen-bond donors (Lipinski definition) is 1. The molecule has 2 rings (SSSR count). The Morgan fingerprint density at radius 2 is 2.06 bits per heavy atom. The number of nitrogens with zero attached hydrogens (tertiary/aromatic N) is 2. The summed E-state index contributed by atoms with van der Waals surface area (Å²) >= 11 is 0. The van der Waals surface area contributed by atoms with Gasteiger partial charge in [0.05, 0.1) is 11.0 Å². The molecule has 0 aliphatic carbocycles. The fourth-order valence-corrected chi connectivity index (χ4v) is 1.72. The van der Waals surface area contributed by atoms with Gasteiger partial charge in [0.2, 0.25) is 0 Å². The highest BCUT2D eigenvalue weighted by molar-refractivity contribution is 5.77. The summed E-state index contributed by atoms with van der Waals surface area (Å²) in [5.41, 5.74) is 3.20. The first-order valence-electron chi connectivity index (χ1n) is 5.81. The molecule has 0 aliphatic heterocycles. The lowest BCUT2D eigenvalue weighted by molar-refractivity contribution is 0.643. The molecular weight excluding hydrogens is 198 g/mol. The first-order valence-corrected chi connectivity index (χ1v) is 5.81. The topological polar surface area (TPSA) is 37.8 Å². The van der Waals surface area contributed by atoms with Crippen LogP contribution in [0, 0.1) is 0 Å². The first kappa shape index (κ1) is 11.0. The van der Waals surface area contributed by atoms with E-state index in [1.54, 1.807) is 12.4 Å². The molecular formula is C13H17N3. The molecule has 2 aromatic rings. The molecule has 84 valence electrons. The van der Waals surface area contributed by atoms with Gasteiger partial charge in [-0.3, -0.25) is 9.97 Å². The smallest absolute Gasteiger partial charge is 0.0931 e. The second kappa shape index (κ2) is 5.56. The van der Waals surface area contributed by atoms with Gasteiger partial charge in [-0.2, -0.15) is 0 Å². The highest BCUT2D eigenvalue weighted by atomic mass is 14.9. The van der Waals surface area contributed by atoms with E-state index >= 15 is 0 Å². The fourth-order valence-electron chi connectivity index (χ4n) is 1.72. The number of para-hydroxylation sites is 1. The molecule has 0 unspecified atom stereocenters. The molecule has 0 radical (unpaired) electrons. The Labute approximate surface area is 95.9 Å². The van der Waals surface area contributed by atoms with Gasteiger partial charge in [-0.1, -0.05) is 25.5 Å². The van der Waals surface area contributed by atoms with Gasteiger partial charge in [0, 0.05) is 18.9 Å². The van der Waals surface area contributed by atoms with Crippen molar-refractivity contribution < 1.29 is 0 Å². The van der Waals surface area contributed by atoms with Crippen molar-refractivity contribution in [2.24, 2.45) is 0 Å². The van der Waals surface area contributed by atoms with E-state index in [0.29, 0.717) is 0 Å². The van der Waals surface area contributed by atoms with Gasteiger partial charge < -0.3 is 5.32 Å². The Bertz CT molecular complexity index is 448. The highest BCUT2D eigenvalue weighted by Crippen LogP contribution is 2.13. The third-order valence-electron chi connectivity index (χ3n) is 2.60. The minimum absolute atomic E-state index is 0.871. The monoisotopic (exact) mass is 215 g/mol. The van der Waals surface area contributed by atoms with Crippen LogP contribution in [-0.2, 0) is 6.54 Å². The van der Waals surface area contributed by atoms with Crippen molar-refractivity contribution in [3.63, 3.8) is 0 Å². The summed E-state index contributed by atoms with van der Waals surface area (Å²) in [6, 6.07) is 6.14. The van der Waals surface area contributed by atoms with Crippen LogP contribution < -0.4 is 5.32 Å². The SMILES string of the molecule is CCCCNCc1cccc2nccnc12. The number of benzene rings is 1. The minimum atomic E-state index is 0.871. The maximum atomic E-state index is 4.38. The standard InChI is InChI=1S/C13H17N3/c1-2-3-7-14-10-11-5-4-6-12-13(11)16-9-8-15-12/h4-6,8-9,14H,2-3,7,10H2,1H3. The zero-order valence-electron chi connectivity index (χ0n) is 9.61. The zero-order chi connectivity index (χ0) is 11.2. The van der Waals surface area contributed by atoms with E-state index in [2.05, 4.69) is 28.3 Å². The molecule has 16 heavy (non-hydrogen) atoms. The third kappa shape index (κ3) is 2.55. The molecule has 0 bridgehead atoms. The predicted octanol–water partition coefficient (Wildman–Crippen LogP) is 2.52. The fraction of sp³-hybridized carbons (Fsp3) is 0.385. The predicted molar refractivity (Wildman–Crippen MR) is 66.2 cm³/mol. The van der Waals surface area contributed by atoms with Crippen LogP contribution in [0.3, 0.4) is 0 Å². The molecule has 1 N–H and O–H groups in total. The maximum absolute atomic E-state index is 4.38. The molecule has 0 fully saturated rings. The zero-order valence-corrected chi connectivity index (χ0v) is 9.61. The number of fused-ring (bicyclic) bond motifs is 1. The van der Waals surface area contributed by atoms with Gasteiger partial charge in [-0.15, -0.1) is 0 Å². The van der Waals surface area contributed by atoms with Crippen LogP contribution in [0.5, 0.6) is 0 Å². The van der Waals surface area contributed by atoms with Crippen LogP contribution >= 0.6 is 0 Å². The van der Waals surface area contributed by atoms with Gasteiger partial charge in [-0.25, -0.2) is 0 Å². The summed E-state index contributed by atoms with van der Waals surface area (Å²) in [4.78, 5) is 8.67. The molecule has 0 aliphatic rings. The van der Waals surface area contributed by atoms with Crippen molar-refractivity contribution >= 4 is 11.0 Å². The second-order valence-electron chi connectivity index (χ2n) is 3.87. The minimum Gasteiger partial charge on any atom is -0.313 e. The van der Waals surface area contributed by atoms with E-state index < -0.39 is 0 Å². The average Bonchev–Trinajstić information content (AvgIpc) is 2.35. The summed E-state index contributed by atoms with van der Waals surface area (Å²) in [5.74, 6) is 0. The quantitative estimate of drug-likeness (QED) is 0.779. The lowest BCUT2D eigenvalue weighted by Gasteiger charge is -2.06. The van der Waals surface area contributed by atoms with E-state index in [4.69, 9.17) is 0 Å². The van der Waals surface area contributed by atoms with Crippen molar-refractivity contribution in [2.45, 2.75) is 26.3 Å². The Morgan fingerprint density at radius 1 is 1.19 bits per heavy atom. The van der Waals surface area contributed by atoms with Crippen LogP contribution in [-0.4, -0.2) is 16.5 Å². The number of unbranched alkanes of at least 4 members (excludes halogenated alkanes) is 1. The molecule has 1 heterocycles. The molecule has 1 aromatic carbocycles.